The van der Waals surface area contributed by atoms with Gasteiger partial charge in [0.2, 0.25) is 5.91 Å². The first-order valence-electron chi connectivity index (χ1n) is 6.46. The molecule has 1 amide bonds. The normalized spacial score (nSPS) is 10.6. The highest BCUT2D eigenvalue weighted by atomic mass is 19.1. The second-order valence-electron chi connectivity index (χ2n) is 5.09. The summed E-state index contributed by atoms with van der Waals surface area (Å²) in [4.78, 5) is 23.3. The number of amides is 1. The molecule has 1 N–H and O–H groups in total. The molecule has 0 aromatic heterocycles. The molecule has 3 nitrogen and oxygen atoms in total. The summed E-state index contributed by atoms with van der Waals surface area (Å²) in [6, 6.07) is 4.25. The number of aryl methyl sites for hydroxylation is 1. The van der Waals surface area contributed by atoms with Gasteiger partial charge in [-0.15, -0.1) is 0 Å². The van der Waals surface area contributed by atoms with Crippen LogP contribution >= 0.6 is 0 Å². The average Bonchev–Trinajstić information content (AvgIpc) is 2.36. The third kappa shape index (κ3) is 5.20. The van der Waals surface area contributed by atoms with Gasteiger partial charge in [-0.1, -0.05) is 13.8 Å². The first-order valence-corrected chi connectivity index (χ1v) is 6.46. The minimum atomic E-state index is -0.328. The highest BCUT2D eigenvalue weighted by Gasteiger charge is 2.10. The second kappa shape index (κ2) is 7.02. The highest BCUT2D eigenvalue weighted by molar-refractivity contribution is 5.98. The summed E-state index contributed by atoms with van der Waals surface area (Å²) in [5, 5.41) is 2.76. The maximum Gasteiger partial charge on any atom is 0.220 e. The molecule has 0 aliphatic carbocycles. The molecule has 0 saturated heterocycles. The van der Waals surface area contributed by atoms with Crippen molar-refractivity contribution in [3.63, 3.8) is 0 Å². The van der Waals surface area contributed by atoms with Crippen molar-refractivity contribution in [2.24, 2.45) is 5.92 Å². The maximum absolute atomic E-state index is 13.1. The van der Waals surface area contributed by atoms with Gasteiger partial charge in [0.1, 0.15) is 5.82 Å². The monoisotopic (exact) mass is 265 g/mol. The van der Waals surface area contributed by atoms with Gasteiger partial charge in [0.25, 0.3) is 0 Å². The molecule has 0 spiro atoms. The number of benzene rings is 1. The van der Waals surface area contributed by atoms with Crippen LogP contribution in [0.2, 0.25) is 0 Å². The minimum absolute atomic E-state index is 0.124. The van der Waals surface area contributed by atoms with Crippen LogP contribution < -0.4 is 5.32 Å². The van der Waals surface area contributed by atoms with E-state index in [1.54, 1.807) is 6.92 Å². The van der Waals surface area contributed by atoms with E-state index in [1.807, 2.05) is 13.8 Å². The van der Waals surface area contributed by atoms with Crippen LogP contribution in [0.3, 0.4) is 0 Å². The van der Waals surface area contributed by atoms with Gasteiger partial charge in [-0.3, -0.25) is 9.59 Å². The van der Waals surface area contributed by atoms with E-state index in [0.717, 1.165) is 0 Å². The van der Waals surface area contributed by atoms with E-state index >= 15 is 0 Å². The minimum Gasteiger partial charge on any atom is -0.356 e. The Morgan fingerprint density at radius 1 is 1.26 bits per heavy atom. The Morgan fingerprint density at radius 3 is 2.53 bits per heavy atom. The third-order valence-electron chi connectivity index (χ3n) is 2.77. The number of ketones is 1. The molecule has 0 fully saturated rings. The Balaban J connectivity index is 2.47. The standard InChI is InChI=1S/C15H20FNO2/c1-10(2)9-17-15(19)7-6-14(18)12-4-5-13(16)11(3)8-12/h4-5,8,10H,6-7,9H2,1-3H3,(H,17,19). The highest BCUT2D eigenvalue weighted by Crippen LogP contribution is 2.11. The van der Waals surface area contributed by atoms with Crippen LogP contribution in [0.25, 0.3) is 0 Å². The predicted molar refractivity (Wildman–Crippen MR) is 72.5 cm³/mol. The Morgan fingerprint density at radius 2 is 1.95 bits per heavy atom. The van der Waals surface area contributed by atoms with E-state index in [4.69, 9.17) is 0 Å². The molecule has 0 heterocycles. The molecule has 0 bridgehead atoms. The van der Waals surface area contributed by atoms with Gasteiger partial charge in [-0.05, 0) is 36.6 Å². The fraction of sp³-hybridized carbons (Fsp3) is 0.467. The Bertz CT molecular complexity index is 469. The smallest absolute Gasteiger partial charge is 0.220 e. The fourth-order valence-corrected chi connectivity index (χ4v) is 1.60. The number of hydrogen-bond acceptors (Lipinski definition) is 2. The zero-order chi connectivity index (χ0) is 14.4. The molecular weight excluding hydrogens is 245 g/mol. The molecule has 0 aliphatic rings. The van der Waals surface area contributed by atoms with Crippen LogP contribution in [0.4, 0.5) is 4.39 Å². The molecule has 0 saturated carbocycles. The van der Waals surface area contributed by atoms with Gasteiger partial charge in [0, 0.05) is 24.9 Å². The van der Waals surface area contributed by atoms with Gasteiger partial charge in [-0.2, -0.15) is 0 Å². The molecule has 0 aliphatic heterocycles. The summed E-state index contributed by atoms with van der Waals surface area (Å²) in [5.41, 5.74) is 0.894. The lowest BCUT2D eigenvalue weighted by Gasteiger charge is -2.07. The third-order valence-corrected chi connectivity index (χ3v) is 2.77. The number of nitrogens with one attached hydrogen (secondary N) is 1. The first kappa shape index (κ1) is 15.3. The number of carbonyl (C=O) groups excluding carboxylic acids is 2. The summed E-state index contributed by atoms with van der Waals surface area (Å²) < 4.78 is 13.1. The van der Waals surface area contributed by atoms with Crippen LogP contribution in [0.5, 0.6) is 0 Å². The Kier molecular flexibility index (Phi) is 5.67. The Hall–Kier alpha value is -1.71. The molecular formula is C15H20FNO2. The van der Waals surface area contributed by atoms with Crippen molar-refractivity contribution in [2.75, 3.05) is 6.54 Å². The van der Waals surface area contributed by atoms with Crippen molar-refractivity contribution in [2.45, 2.75) is 33.6 Å². The number of Topliss-reactive ketones (excluding diaryl/α,β-unsaturated/α-hetero) is 1. The van der Waals surface area contributed by atoms with Gasteiger partial charge >= 0.3 is 0 Å². The topological polar surface area (TPSA) is 46.2 Å². The largest absolute Gasteiger partial charge is 0.356 e. The van der Waals surface area contributed by atoms with Crippen molar-refractivity contribution in [3.8, 4) is 0 Å². The van der Waals surface area contributed by atoms with Gasteiger partial charge in [-0.25, -0.2) is 4.39 Å². The summed E-state index contributed by atoms with van der Waals surface area (Å²) in [5.74, 6) is -0.200. The zero-order valence-electron chi connectivity index (χ0n) is 11.6. The number of carbonyl (C=O) groups is 2. The average molecular weight is 265 g/mol. The molecule has 19 heavy (non-hydrogen) atoms. The molecule has 1 rings (SSSR count). The zero-order valence-corrected chi connectivity index (χ0v) is 11.6. The van der Waals surface area contributed by atoms with E-state index in [-0.39, 0.29) is 30.3 Å². The molecule has 1 aromatic carbocycles. The van der Waals surface area contributed by atoms with Crippen molar-refractivity contribution in [3.05, 3.63) is 35.1 Å². The Labute approximate surface area is 113 Å². The molecule has 0 unspecified atom stereocenters. The fourth-order valence-electron chi connectivity index (χ4n) is 1.60. The summed E-state index contributed by atoms with van der Waals surface area (Å²) in [6.45, 7) is 6.24. The molecule has 104 valence electrons. The van der Waals surface area contributed by atoms with Crippen molar-refractivity contribution in [1.82, 2.24) is 5.32 Å². The van der Waals surface area contributed by atoms with Crippen molar-refractivity contribution in [1.29, 1.82) is 0 Å². The van der Waals surface area contributed by atoms with E-state index in [0.29, 0.717) is 23.6 Å². The second-order valence-corrected chi connectivity index (χ2v) is 5.09. The maximum atomic E-state index is 13.1. The number of rotatable bonds is 6. The predicted octanol–water partition coefficient (Wildman–Crippen LogP) is 2.87. The van der Waals surface area contributed by atoms with E-state index in [2.05, 4.69) is 5.32 Å². The van der Waals surface area contributed by atoms with Crippen LogP contribution in [-0.2, 0) is 4.79 Å². The summed E-state index contributed by atoms with van der Waals surface area (Å²) >= 11 is 0. The van der Waals surface area contributed by atoms with E-state index in [9.17, 15) is 14.0 Å². The SMILES string of the molecule is Cc1cc(C(=O)CCC(=O)NCC(C)C)ccc1F. The number of halogens is 1. The first-order chi connectivity index (χ1) is 8.90. The summed E-state index contributed by atoms with van der Waals surface area (Å²) in [6.07, 6.45) is 0.316. The quantitative estimate of drug-likeness (QED) is 0.804. The molecule has 0 atom stereocenters. The molecule has 4 heteroatoms. The van der Waals surface area contributed by atoms with E-state index < -0.39 is 0 Å². The van der Waals surface area contributed by atoms with Crippen LogP contribution in [0.15, 0.2) is 18.2 Å². The lowest BCUT2D eigenvalue weighted by molar-refractivity contribution is -0.121. The van der Waals surface area contributed by atoms with Crippen LogP contribution in [0, 0.1) is 18.7 Å². The molecule has 0 radical (unpaired) electrons. The van der Waals surface area contributed by atoms with E-state index in [1.165, 1.54) is 18.2 Å². The van der Waals surface area contributed by atoms with Crippen molar-refractivity contribution >= 4 is 11.7 Å². The van der Waals surface area contributed by atoms with Crippen LogP contribution in [-0.4, -0.2) is 18.2 Å². The number of hydrogen-bond donors (Lipinski definition) is 1. The lowest BCUT2D eigenvalue weighted by atomic mass is 10.0. The van der Waals surface area contributed by atoms with Gasteiger partial charge in [0.15, 0.2) is 5.78 Å². The van der Waals surface area contributed by atoms with Gasteiger partial charge < -0.3 is 5.32 Å². The lowest BCUT2D eigenvalue weighted by Crippen LogP contribution is -2.27. The molecule has 1 aromatic rings. The van der Waals surface area contributed by atoms with Crippen LogP contribution in [0.1, 0.15) is 42.6 Å². The summed E-state index contributed by atoms with van der Waals surface area (Å²) in [7, 11) is 0. The van der Waals surface area contributed by atoms with Crippen molar-refractivity contribution < 1.29 is 14.0 Å². The van der Waals surface area contributed by atoms with Gasteiger partial charge in [0.05, 0.1) is 0 Å².